The molecule has 0 radical (unpaired) electrons. The minimum absolute atomic E-state index is 0.0280. The summed E-state index contributed by atoms with van der Waals surface area (Å²) in [6.45, 7) is 17.6. The van der Waals surface area contributed by atoms with Gasteiger partial charge >= 0.3 is 12.0 Å². The van der Waals surface area contributed by atoms with E-state index in [9.17, 15) is 32.4 Å². The van der Waals surface area contributed by atoms with Crippen molar-refractivity contribution in [3.8, 4) is 11.6 Å². The second-order valence-electron chi connectivity index (χ2n) is 17.5. The number of esters is 1. The Morgan fingerprint density at radius 2 is 1.72 bits per heavy atom. The van der Waals surface area contributed by atoms with E-state index in [2.05, 4.69) is 32.2 Å². The van der Waals surface area contributed by atoms with Crippen molar-refractivity contribution >= 4 is 50.5 Å². The van der Waals surface area contributed by atoms with Gasteiger partial charge in [0, 0.05) is 23.9 Å². The van der Waals surface area contributed by atoms with Gasteiger partial charge in [-0.05, 0) is 81.0 Å². The predicted molar refractivity (Wildman–Crippen MR) is 211 cm³/mol. The fourth-order valence-electron chi connectivity index (χ4n) is 6.89. The Morgan fingerprint density at radius 1 is 1.04 bits per heavy atom. The summed E-state index contributed by atoms with van der Waals surface area (Å²) in [5.74, 6) is -2.86. The van der Waals surface area contributed by atoms with Gasteiger partial charge in [-0.2, -0.15) is 0 Å². The molecule has 1 aromatic carbocycles. The van der Waals surface area contributed by atoms with Crippen LogP contribution in [-0.2, 0) is 33.9 Å². The molecule has 0 bridgehead atoms. The zero-order valence-corrected chi connectivity index (χ0v) is 34.9. The van der Waals surface area contributed by atoms with Crippen LogP contribution in [0, 0.1) is 17.3 Å². The first-order valence-electron chi connectivity index (χ1n) is 19.2. The molecule has 2 saturated carbocycles. The zero-order valence-electron chi connectivity index (χ0n) is 34.1. The topological polar surface area (TPSA) is 211 Å². The highest BCUT2D eigenvalue weighted by Crippen LogP contribution is 2.45. The second kappa shape index (κ2) is 16.1. The molecule has 1 aliphatic heterocycles. The minimum atomic E-state index is -3.93. The summed E-state index contributed by atoms with van der Waals surface area (Å²) >= 11 is 0. The van der Waals surface area contributed by atoms with E-state index in [-0.39, 0.29) is 31.2 Å². The van der Waals surface area contributed by atoms with Crippen LogP contribution in [0.3, 0.4) is 0 Å². The molecule has 3 fully saturated rings. The largest absolute Gasteiger partial charge is 0.497 e. The highest BCUT2D eigenvalue weighted by molar-refractivity contribution is 7.91. The lowest BCUT2D eigenvalue weighted by atomic mass is 9.85. The van der Waals surface area contributed by atoms with Crippen LogP contribution in [0.1, 0.15) is 81.1 Å². The van der Waals surface area contributed by atoms with Crippen LogP contribution < -0.4 is 30.1 Å². The highest BCUT2D eigenvalue weighted by atomic mass is 32.2. The predicted octanol–water partition coefficient (Wildman–Crippen LogP) is 3.34. The van der Waals surface area contributed by atoms with Crippen molar-refractivity contribution in [2.24, 2.45) is 17.3 Å². The number of ether oxygens (including phenoxy) is 3. The Hall–Kier alpha value is -4.93. The number of likely N-dealkylation sites (tertiary alicyclic amines) is 1. The summed E-state index contributed by atoms with van der Waals surface area (Å²) in [7, 11) is -2.38. The van der Waals surface area contributed by atoms with Crippen LogP contribution >= 0.6 is 0 Å². The maximum Gasteiger partial charge on any atom is 0.329 e. The lowest BCUT2D eigenvalue weighted by Gasteiger charge is -2.36. The van der Waals surface area contributed by atoms with Gasteiger partial charge in [0.25, 0.3) is 5.91 Å². The molecule has 2 aromatic rings. The molecule has 312 valence electrons. The molecular formula is C40H56N6O10S. The summed E-state index contributed by atoms with van der Waals surface area (Å²) in [4.78, 5) is 75.0. The lowest BCUT2D eigenvalue weighted by molar-refractivity contribution is -0.158. The van der Waals surface area contributed by atoms with Crippen molar-refractivity contribution in [1.82, 2.24) is 30.6 Å². The van der Waals surface area contributed by atoms with E-state index in [4.69, 9.17) is 14.2 Å². The third-order valence-corrected chi connectivity index (χ3v) is 12.1. The summed E-state index contributed by atoms with van der Waals surface area (Å²) in [5, 5.41) is 8.96. The number of pyridine rings is 1. The average molecular weight is 813 g/mol. The quantitative estimate of drug-likeness (QED) is 0.161. The number of amides is 5. The monoisotopic (exact) mass is 812 g/mol. The van der Waals surface area contributed by atoms with E-state index >= 15 is 0 Å². The molecule has 0 spiro atoms. The van der Waals surface area contributed by atoms with E-state index in [1.165, 1.54) is 11.0 Å². The number of fused-ring (bicyclic) bond motifs is 1. The van der Waals surface area contributed by atoms with Gasteiger partial charge in [0.1, 0.15) is 41.1 Å². The standard InChI is InChI=1S/C40H56N6O10S/c1-11-24-20-40(24,36(50)45-57(52,53)27-13-14-27)44-32(47)29-19-26(55-33-28-15-12-25(54-10)18-23(28)16-17-41-33)21-46(29)34(48)31(38(4,5)6)43-37(51)42-30(22(2)3)35(49)56-39(7,8)9/h11-12,15-18,22,24,26-27,29-31H,1,13-14,19-21H2,2-10H3,(H,44,47)(H,45,50)(H2,42,43,51)/t24-,26-,29+,30+,31?,40-/m1/s1. The summed E-state index contributed by atoms with van der Waals surface area (Å²) in [6.07, 6.45) is 3.23. The van der Waals surface area contributed by atoms with E-state index in [1.807, 2.05) is 6.07 Å². The molecule has 1 unspecified atom stereocenters. The van der Waals surface area contributed by atoms with Crippen molar-refractivity contribution in [3.05, 3.63) is 43.1 Å². The Morgan fingerprint density at radius 3 is 2.28 bits per heavy atom. The van der Waals surface area contributed by atoms with Gasteiger partial charge in [0.05, 0.1) is 18.9 Å². The third kappa shape index (κ3) is 9.97. The molecule has 1 aromatic heterocycles. The molecule has 57 heavy (non-hydrogen) atoms. The molecule has 1 saturated heterocycles. The van der Waals surface area contributed by atoms with Gasteiger partial charge in [-0.15, -0.1) is 6.58 Å². The van der Waals surface area contributed by atoms with Crippen molar-refractivity contribution in [2.45, 2.75) is 122 Å². The number of hydrogen-bond donors (Lipinski definition) is 4. The Labute approximate surface area is 334 Å². The van der Waals surface area contributed by atoms with E-state index in [0.717, 1.165) is 5.39 Å². The zero-order chi connectivity index (χ0) is 42.2. The Kier molecular flexibility index (Phi) is 12.2. The minimum Gasteiger partial charge on any atom is -0.497 e. The second-order valence-corrected chi connectivity index (χ2v) is 19.5. The molecule has 2 aliphatic carbocycles. The first-order chi connectivity index (χ1) is 26.5. The molecule has 4 N–H and O–H groups in total. The maximum atomic E-state index is 14.7. The fourth-order valence-corrected chi connectivity index (χ4v) is 8.26. The van der Waals surface area contributed by atoms with Crippen LogP contribution in [0.25, 0.3) is 10.8 Å². The number of hydrogen-bond acceptors (Lipinski definition) is 11. The smallest absolute Gasteiger partial charge is 0.329 e. The SMILES string of the molecule is C=C[C@@H]1C[C@]1(NC(=O)[C@@H]1C[C@@H](Oc2nccc3cc(OC)ccc23)CN1C(=O)C(NC(=O)N[C@H](C(=O)OC(C)(C)C)C(C)C)C(C)(C)C)C(=O)NS(=O)(=O)C1CC1. The number of urea groups is 1. The van der Waals surface area contributed by atoms with Crippen molar-refractivity contribution in [3.63, 3.8) is 0 Å². The Bertz CT molecular complexity index is 2020. The van der Waals surface area contributed by atoms with Crippen LogP contribution in [-0.4, -0.2) is 102 Å². The van der Waals surface area contributed by atoms with E-state index in [0.29, 0.717) is 24.0 Å². The molecule has 3 aliphatic rings. The number of sulfonamides is 1. The van der Waals surface area contributed by atoms with Crippen LogP contribution in [0.4, 0.5) is 4.79 Å². The van der Waals surface area contributed by atoms with Gasteiger partial charge < -0.3 is 35.1 Å². The van der Waals surface area contributed by atoms with Crippen LogP contribution in [0.15, 0.2) is 43.1 Å². The number of carbonyl (C=O) groups is 5. The van der Waals surface area contributed by atoms with E-state index in [1.54, 1.807) is 86.9 Å². The van der Waals surface area contributed by atoms with E-state index < -0.39 is 91.7 Å². The average Bonchev–Trinajstić information content (AvgIpc) is 4.04. The summed E-state index contributed by atoms with van der Waals surface area (Å²) in [6, 6.07) is 2.91. The molecule has 17 heteroatoms. The van der Waals surface area contributed by atoms with Gasteiger partial charge in [-0.3, -0.25) is 19.1 Å². The van der Waals surface area contributed by atoms with Crippen molar-refractivity contribution in [2.75, 3.05) is 13.7 Å². The van der Waals surface area contributed by atoms with Gasteiger partial charge in [0.15, 0.2) is 0 Å². The van der Waals surface area contributed by atoms with Crippen LogP contribution in [0.2, 0.25) is 0 Å². The number of nitrogens with one attached hydrogen (secondary N) is 4. The number of nitrogens with zero attached hydrogens (tertiary/aromatic N) is 2. The molecule has 2 heterocycles. The summed E-state index contributed by atoms with van der Waals surface area (Å²) in [5.41, 5.74) is -3.31. The first kappa shape index (κ1) is 43.2. The lowest BCUT2D eigenvalue weighted by Crippen LogP contribution is -2.62. The molecule has 5 rings (SSSR count). The highest BCUT2D eigenvalue weighted by Gasteiger charge is 2.62. The third-order valence-electron chi connectivity index (χ3n) is 10.3. The molecule has 6 atom stereocenters. The van der Waals surface area contributed by atoms with Gasteiger partial charge in [0.2, 0.25) is 27.7 Å². The molecule has 5 amide bonds. The van der Waals surface area contributed by atoms with Gasteiger partial charge in [-0.1, -0.05) is 40.7 Å². The number of aromatic nitrogens is 1. The first-order valence-corrected chi connectivity index (χ1v) is 20.7. The number of rotatable bonds is 14. The fraction of sp³-hybridized carbons (Fsp3) is 0.600. The maximum absolute atomic E-state index is 14.7. The van der Waals surface area contributed by atoms with Crippen LogP contribution in [0.5, 0.6) is 11.6 Å². The summed E-state index contributed by atoms with van der Waals surface area (Å²) < 4.78 is 44.9. The van der Waals surface area contributed by atoms with Gasteiger partial charge in [-0.25, -0.2) is 23.0 Å². The molecule has 16 nitrogen and oxygen atoms in total. The Balaban J connectivity index is 1.43. The number of methoxy groups -OCH3 is 1. The normalized spacial score (nSPS) is 23.2. The number of benzene rings is 1. The number of carbonyl (C=O) groups excluding carboxylic acids is 5. The van der Waals surface area contributed by atoms with Crippen molar-refractivity contribution < 1.29 is 46.6 Å². The van der Waals surface area contributed by atoms with Crippen molar-refractivity contribution in [1.29, 1.82) is 0 Å². The molecular weight excluding hydrogens is 757 g/mol.